The van der Waals surface area contributed by atoms with Gasteiger partial charge < -0.3 is 15.6 Å². The number of nitrogens with one attached hydrogen (secondary N) is 1. The van der Waals surface area contributed by atoms with E-state index in [-0.39, 0.29) is 0 Å². The Morgan fingerprint density at radius 2 is 2.83 bits per heavy atom. The lowest BCUT2D eigenvalue weighted by molar-refractivity contribution is 0.453. The van der Waals surface area contributed by atoms with Gasteiger partial charge in [-0.1, -0.05) is 0 Å². The molecule has 34 valence electrons. The summed E-state index contributed by atoms with van der Waals surface area (Å²) in [7, 11) is 1.82. The molecule has 1 N–H and O–H groups in total. The van der Waals surface area contributed by atoms with Crippen LogP contribution < -0.4 is 5.53 Å². The van der Waals surface area contributed by atoms with Crippen molar-refractivity contribution < 1.29 is 0 Å². The van der Waals surface area contributed by atoms with Crippen LogP contribution in [0.1, 0.15) is 0 Å². The van der Waals surface area contributed by atoms with Gasteiger partial charge in [-0.15, -0.1) is 0 Å². The molecule has 0 spiro atoms. The Labute approximate surface area is 35.8 Å². The van der Waals surface area contributed by atoms with Crippen molar-refractivity contribution >= 4 is 6.34 Å². The van der Waals surface area contributed by atoms with Gasteiger partial charge in [0.25, 0.3) is 0 Å². The number of nitrogens with zero attached hydrogens (tertiary/aromatic N) is 3. The first-order valence-corrected chi connectivity index (χ1v) is 1.61. The van der Waals surface area contributed by atoms with Crippen molar-refractivity contribution in [3.8, 4) is 0 Å². The van der Waals surface area contributed by atoms with E-state index in [1.165, 1.54) is 0 Å². The van der Waals surface area contributed by atoms with E-state index in [1.807, 2.05) is 7.05 Å². The minimum absolute atomic E-state index is 1.58. The molecule has 0 saturated heterocycles. The maximum atomic E-state index is 3.48. The van der Waals surface area contributed by atoms with Crippen LogP contribution in [0.5, 0.6) is 0 Å². The number of hydrazine groups is 1. The molecule has 0 amide bonds. The van der Waals surface area contributed by atoms with Crippen molar-refractivity contribution in [2.75, 3.05) is 7.05 Å². The molecular weight excluding hydrogens is 80.0 g/mol. The third-order valence-corrected chi connectivity index (χ3v) is 0.485. The fourth-order valence-electron chi connectivity index (χ4n) is 0.225. The largest absolute Gasteiger partial charge is 0.520 e. The predicted octanol–water partition coefficient (Wildman–Crippen LogP) is -0.332. The molecule has 0 aliphatic carbocycles. The quantitative estimate of drug-likeness (QED) is 0.437. The average molecular weight is 85.1 g/mol. The average Bonchev–Trinajstić information content (AvgIpc) is 1.86. The Morgan fingerprint density at radius 1 is 2.00 bits per heavy atom. The van der Waals surface area contributed by atoms with Crippen LogP contribution in [0.4, 0.5) is 0 Å². The maximum Gasteiger partial charge on any atom is 0.0838 e. The highest BCUT2D eigenvalue weighted by Gasteiger charge is 1.79. The van der Waals surface area contributed by atoms with Crippen LogP contribution in [0.25, 0.3) is 5.53 Å². The highest BCUT2D eigenvalue weighted by molar-refractivity contribution is 5.56. The normalized spacial score (nSPS) is 18.5. The SMILES string of the molecule is CN1C=N[N-]N1. The zero-order valence-corrected chi connectivity index (χ0v) is 3.42. The van der Waals surface area contributed by atoms with Gasteiger partial charge in [0.2, 0.25) is 0 Å². The third kappa shape index (κ3) is 0.414. The van der Waals surface area contributed by atoms with Crippen molar-refractivity contribution in [2.45, 2.75) is 0 Å². The van der Waals surface area contributed by atoms with Gasteiger partial charge in [-0.3, -0.25) is 5.53 Å². The fourth-order valence-corrected chi connectivity index (χ4v) is 0.225. The van der Waals surface area contributed by atoms with Crippen molar-refractivity contribution in [3.05, 3.63) is 5.53 Å². The summed E-state index contributed by atoms with van der Waals surface area (Å²) >= 11 is 0. The first kappa shape index (κ1) is 3.42. The zero-order valence-electron chi connectivity index (χ0n) is 3.42. The summed E-state index contributed by atoms with van der Waals surface area (Å²) in [6.07, 6.45) is 1.58. The van der Waals surface area contributed by atoms with Crippen molar-refractivity contribution in [2.24, 2.45) is 5.10 Å². The van der Waals surface area contributed by atoms with E-state index >= 15 is 0 Å². The van der Waals surface area contributed by atoms with Crippen molar-refractivity contribution in [3.63, 3.8) is 0 Å². The summed E-state index contributed by atoms with van der Waals surface area (Å²) in [6, 6.07) is 0. The smallest absolute Gasteiger partial charge is 0.0838 e. The predicted molar refractivity (Wildman–Crippen MR) is 22.7 cm³/mol. The molecule has 0 radical (unpaired) electrons. The molecule has 0 atom stereocenters. The summed E-state index contributed by atoms with van der Waals surface area (Å²) in [5.74, 6) is 0. The summed E-state index contributed by atoms with van der Waals surface area (Å²) in [6.45, 7) is 0. The first-order valence-electron chi connectivity index (χ1n) is 1.61. The number of hydrogen-bond donors (Lipinski definition) is 1. The molecule has 0 aromatic heterocycles. The third-order valence-electron chi connectivity index (χ3n) is 0.485. The van der Waals surface area contributed by atoms with E-state index < -0.39 is 0 Å². The second-order valence-electron chi connectivity index (χ2n) is 1.04. The first-order chi connectivity index (χ1) is 2.89. The van der Waals surface area contributed by atoms with E-state index in [0.29, 0.717) is 0 Å². The van der Waals surface area contributed by atoms with Gasteiger partial charge in [0.05, 0.1) is 6.34 Å². The number of rotatable bonds is 0. The van der Waals surface area contributed by atoms with Gasteiger partial charge in [-0.05, 0) is 0 Å². The minimum Gasteiger partial charge on any atom is -0.520 e. The van der Waals surface area contributed by atoms with Gasteiger partial charge in [0, 0.05) is 7.05 Å². The van der Waals surface area contributed by atoms with E-state index in [2.05, 4.69) is 16.2 Å². The summed E-state index contributed by atoms with van der Waals surface area (Å²) in [5, 5.41) is 5.13. The molecular formula is C2H5N4-. The van der Waals surface area contributed by atoms with Crippen LogP contribution in [0.15, 0.2) is 5.10 Å². The summed E-state index contributed by atoms with van der Waals surface area (Å²) in [4.78, 5) is 0. The summed E-state index contributed by atoms with van der Waals surface area (Å²) in [5.41, 5.74) is 5.97. The molecule has 1 heterocycles. The van der Waals surface area contributed by atoms with Crippen LogP contribution in [-0.2, 0) is 0 Å². The van der Waals surface area contributed by atoms with Crippen LogP contribution in [0.3, 0.4) is 0 Å². The molecule has 0 saturated carbocycles. The van der Waals surface area contributed by atoms with Gasteiger partial charge in [-0.2, -0.15) is 0 Å². The molecule has 0 aromatic carbocycles. The number of hydrogen-bond acceptors (Lipinski definition) is 3. The zero-order chi connectivity index (χ0) is 4.41. The Balaban J connectivity index is 2.38. The molecule has 0 unspecified atom stereocenters. The van der Waals surface area contributed by atoms with Gasteiger partial charge in [0.1, 0.15) is 0 Å². The molecule has 1 aliphatic heterocycles. The minimum atomic E-state index is 1.58. The van der Waals surface area contributed by atoms with Crippen LogP contribution in [0.2, 0.25) is 0 Å². The van der Waals surface area contributed by atoms with Gasteiger partial charge in [0.15, 0.2) is 0 Å². The molecule has 0 bridgehead atoms. The van der Waals surface area contributed by atoms with Crippen molar-refractivity contribution in [1.82, 2.24) is 10.5 Å². The van der Waals surface area contributed by atoms with E-state index in [0.717, 1.165) is 0 Å². The second kappa shape index (κ2) is 1.14. The van der Waals surface area contributed by atoms with Gasteiger partial charge in [-0.25, -0.2) is 0 Å². The summed E-state index contributed by atoms with van der Waals surface area (Å²) < 4.78 is 0. The fraction of sp³-hybridized carbons (Fsp3) is 0.500. The highest BCUT2D eigenvalue weighted by Crippen LogP contribution is 1.87. The van der Waals surface area contributed by atoms with Crippen LogP contribution in [-0.4, -0.2) is 18.4 Å². The maximum absolute atomic E-state index is 3.48. The Kier molecular flexibility index (Phi) is 0.648. The van der Waals surface area contributed by atoms with E-state index in [4.69, 9.17) is 0 Å². The second-order valence-corrected chi connectivity index (χ2v) is 1.04. The monoisotopic (exact) mass is 85.1 g/mol. The molecule has 4 nitrogen and oxygen atoms in total. The Hall–Kier alpha value is -0.770. The van der Waals surface area contributed by atoms with E-state index in [1.54, 1.807) is 11.3 Å². The van der Waals surface area contributed by atoms with Crippen LogP contribution >= 0.6 is 0 Å². The molecule has 0 aromatic rings. The lowest BCUT2D eigenvalue weighted by Crippen LogP contribution is -2.22. The lowest BCUT2D eigenvalue weighted by Gasteiger charge is -2.12. The highest BCUT2D eigenvalue weighted by atomic mass is 15.8. The van der Waals surface area contributed by atoms with E-state index in [9.17, 15) is 0 Å². The standard InChI is InChI=1S/C2H5N4/c1-6-2-3-4-5-6/h2,5H,1H3/q-1. The topological polar surface area (TPSA) is 41.7 Å². The molecule has 1 aliphatic rings. The Morgan fingerprint density at radius 3 is 3.00 bits per heavy atom. The van der Waals surface area contributed by atoms with Crippen molar-refractivity contribution in [1.29, 1.82) is 0 Å². The van der Waals surface area contributed by atoms with Crippen LogP contribution in [0, 0.1) is 0 Å². The molecule has 4 heteroatoms. The van der Waals surface area contributed by atoms with Gasteiger partial charge >= 0.3 is 0 Å². The molecule has 6 heavy (non-hydrogen) atoms. The molecule has 0 fully saturated rings. The Bertz CT molecular complexity index is 67.9. The lowest BCUT2D eigenvalue weighted by atomic mass is 11.1. The molecule has 1 rings (SSSR count).